The summed E-state index contributed by atoms with van der Waals surface area (Å²) in [5.74, 6) is 0. The van der Waals surface area contributed by atoms with Gasteiger partial charge < -0.3 is 15.7 Å². The number of carbonyl (C=O) groups is 1. The van der Waals surface area contributed by atoms with Gasteiger partial charge in [-0.15, -0.1) is 0 Å². The molecule has 0 heterocycles. The molecule has 1 aliphatic carbocycles. The van der Waals surface area contributed by atoms with E-state index in [0.717, 1.165) is 18.4 Å². The first-order valence-electron chi connectivity index (χ1n) is 6.01. The summed E-state index contributed by atoms with van der Waals surface area (Å²) in [4.78, 5) is 11.6. The molecular formula is C13H17ClN2O2. The van der Waals surface area contributed by atoms with Crippen molar-refractivity contribution in [2.24, 2.45) is 5.41 Å². The number of hydrogen-bond acceptors (Lipinski definition) is 2. The lowest BCUT2D eigenvalue weighted by atomic mass is 10.1. The minimum absolute atomic E-state index is 0.0621. The lowest BCUT2D eigenvalue weighted by molar-refractivity contribution is 0.203. The van der Waals surface area contributed by atoms with Crippen LogP contribution < -0.4 is 10.6 Å². The number of carbonyl (C=O) groups excluding carboxylic acids is 1. The van der Waals surface area contributed by atoms with E-state index in [1.54, 1.807) is 6.07 Å². The molecule has 2 amide bonds. The predicted octanol–water partition coefficient (Wildman–Crippen LogP) is 1.91. The summed E-state index contributed by atoms with van der Waals surface area (Å²) >= 11 is 5.85. The van der Waals surface area contributed by atoms with Crippen LogP contribution in [-0.2, 0) is 6.54 Å². The van der Waals surface area contributed by atoms with Crippen LogP contribution >= 0.6 is 11.6 Å². The van der Waals surface area contributed by atoms with Crippen LogP contribution in [0, 0.1) is 5.41 Å². The summed E-state index contributed by atoms with van der Waals surface area (Å²) in [6.45, 7) is 1.12. The zero-order valence-corrected chi connectivity index (χ0v) is 10.8. The first-order chi connectivity index (χ1) is 8.63. The fourth-order valence-electron chi connectivity index (χ4n) is 1.73. The Morgan fingerprint density at radius 3 is 2.78 bits per heavy atom. The molecule has 1 aromatic carbocycles. The van der Waals surface area contributed by atoms with E-state index in [-0.39, 0.29) is 18.1 Å². The molecule has 18 heavy (non-hydrogen) atoms. The summed E-state index contributed by atoms with van der Waals surface area (Å²) in [7, 11) is 0. The van der Waals surface area contributed by atoms with E-state index >= 15 is 0 Å². The van der Waals surface area contributed by atoms with Gasteiger partial charge in [-0.25, -0.2) is 4.79 Å². The Balaban J connectivity index is 1.72. The first-order valence-corrected chi connectivity index (χ1v) is 6.38. The highest BCUT2D eigenvalue weighted by atomic mass is 35.5. The van der Waals surface area contributed by atoms with Gasteiger partial charge in [0.05, 0.1) is 6.61 Å². The van der Waals surface area contributed by atoms with Crippen molar-refractivity contribution in [3.8, 4) is 0 Å². The average Bonchev–Trinajstić information content (AvgIpc) is 3.15. The molecule has 4 nitrogen and oxygen atoms in total. The van der Waals surface area contributed by atoms with E-state index in [0.29, 0.717) is 18.1 Å². The number of hydrogen-bond donors (Lipinski definition) is 3. The number of aliphatic hydroxyl groups is 1. The highest BCUT2D eigenvalue weighted by Crippen LogP contribution is 2.44. The monoisotopic (exact) mass is 268 g/mol. The fraction of sp³-hybridized carbons (Fsp3) is 0.462. The van der Waals surface area contributed by atoms with Crippen LogP contribution in [0.2, 0.25) is 5.02 Å². The van der Waals surface area contributed by atoms with E-state index in [2.05, 4.69) is 10.6 Å². The van der Waals surface area contributed by atoms with Crippen molar-refractivity contribution in [3.63, 3.8) is 0 Å². The Hall–Kier alpha value is -1.26. The van der Waals surface area contributed by atoms with Gasteiger partial charge in [0.15, 0.2) is 0 Å². The molecule has 0 radical (unpaired) electrons. The topological polar surface area (TPSA) is 61.4 Å². The number of urea groups is 1. The van der Waals surface area contributed by atoms with Crippen molar-refractivity contribution < 1.29 is 9.90 Å². The molecule has 1 aliphatic rings. The van der Waals surface area contributed by atoms with E-state index in [9.17, 15) is 4.79 Å². The number of aliphatic hydroxyl groups excluding tert-OH is 1. The minimum Gasteiger partial charge on any atom is -0.396 e. The number of amides is 2. The maximum atomic E-state index is 11.6. The minimum atomic E-state index is -0.213. The Bertz CT molecular complexity index is 433. The normalized spacial score (nSPS) is 16.1. The third kappa shape index (κ3) is 3.62. The summed E-state index contributed by atoms with van der Waals surface area (Å²) < 4.78 is 0. The van der Waals surface area contributed by atoms with E-state index in [1.807, 2.05) is 18.2 Å². The number of benzene rings is 1. The molecule has 0 aliphatic heterocycles. The van der Waals surface area contributed by atoms with Gasteiger partial charge in [-0.3, -0.25) is 0 Å². The van der Waals surface area contributed by atoms with E-state index in [1.165, 1.54) is 0 Å². The van der Waals surface area contributed by atoms with Crippen molar-refractivity contribution in [2.45, 2.75) is 19.4 Å². The zero-order valence-electron chi connectivity index (χ0n) is 10.1. The lowest BCUT2D eigenvalue weighted by Crippen LogP contribution is -2.39. The van der Waals surface area contributed by atoms with Crippen LogP contribution in [0.4, 0.5) is 4.79 Å². The van der Waals surface area contributed by atoms with Crippen LogP contribution in [0.15, 0.2) is 24.3 Å². The maximum Gasteiger partial charge on any atom is 0.315 e. The molecule has 0 unspecified atom stereocenters. The third-order valence-corrected chi connectivity index (χ3v) is 3.49. The molecule has 3 N–H and O–H groups in total. The molecule has 2 rings (SSSR count). The molecular weight excluding hydrogens is 252 g/mol. The van der Waals surface area contributed by atoms with Crippen molar-refractivity contribution in [2.75, 3.05) is 13.2 Å². The van der Waals surface area contributed by atoms with Crippen LogP contribution in [0.5, 0.6) is 0 Å². The summed E-state index contributed by atoms with van der Waals surface area (Å²) in [6, 6.07) is 7.15. The first kappa shape index (κ1) is 13.2. The van der Waals surface area contributed by atoms with Gasteiger partial charge in [-0.2, -0.15) is 0 Å². The van der Waals surface area contributed by atoms with Crippen LogP contribution in [-0.4, -0.2) is 24.3 Å². The highest BCUT2D eigenvalue weighted by Gasteiger charge is 2.42. The molecule has 0 aromatic heterocycles. The highest BCUT2D eigenvalue weighted by molar-refractivity contribution is 6.30. The summed E-state index contributed by atoms with van der Waals surface area (Å²) in [6.07, 6.45) is 1.97. The summed E-state index contributed by atoms with van der Waals surface area (Å²) in [5.41, 5.74) is 0.897. The Morgan fingerprint density at radius 1 is 1.39 bits per heavy atom. The fourth-order valence-corrected chi connectivity index (χ4v) is 1.94. The zero-order chi connectivity index (χ0) is 13.0. The molecule has 5 heteroatoms. The Labute approximate surface area is 111 Å². The van der Waals surface area contributed by atoms with Crippen LogP contribution in [0.3, 0.4) is 0 Å². The number of nitrogens with one attached hydrogen (secondary N) is 2. The molecule has 0 spiro atoms. The van der Waals surface area contributed by atoms with Gasteiger partial charge in [0.1, 0.15) is 0 Å². The number of rotatable bonds is 5. The van der Waals surface area contributed by atoms with Crippen molar-refractivity contribution in [1.29, 1.82) is 0 Å². The van der Waals surface area contributed by atoms with Crippen LogP contribution in [0.1, 0.15) is 18.4 Å². The molecule has 1 fully saturated rings. The van der Waals surface area contributed by atoms with Crippen molar-refractivity contribution in [3.05, 3.63) is 34.9 Å². The van der Waals surface area contributed by atoms with Crippen molar-refractivity contribution >= 4 is 17.6 Å². The second-order valence-electron chi connectivity index (χ2n) is 4.82. The van der Waals surface area contributed by atoms with Gasteiger partial charge >= 0.3 is 6.03 Å². The number of halogens is 1. The maximum absolute atomic E-state index is 11.6. The quantitative estimate of drug-likeness (QED) is 0.764. The molecule has 0 saturated heterocycles. The van der Waals surface area contributed by atoms with Crippen LogP contribution in [0.25, 0.3) is 0 Å². The van der Waals surface area contributed by atoms with E-state index in [4.69, 9.17) is 16.7 Å². The van der Waals surface area contributed by atoms with Gasteiger partial charge in [0, 0.05) is 23.5 Å². The molecule has 0 atom stereocenters. The Kier molecular flexibility index (Phi) is 4.09. The van der Waals surface area contributed by atoms with E-state index < -0.39 is 0 Å². The molecule has 1 saturated carbocycles. The van der Waals surface area contributed by atoms with Gasteiger partial charge in [0.25, 0.3) is 0 Å². The standard InChI is InChI=1S/C13H17ClN2O2/c14-11-3-1-2-10(6-11)7-15-12(18)16-8-13(9-17)4-5-13/h1-3,6,17H,4-5,7-9H2,(H2,15,16,18). The van der Waals surface area contributed by atoms with Gasteiger partial charge in [-0.05, 0) is 30.5 Å². The molecule has 1 aromatic rings. The predicted molar refractivity (Wildman–Crippen MR) is 70.4 cm³/mol. The second-order valence-corrected chi connectivity index (χ2v) is 5.26. The SMILES string of the molecule is O=C(NCc1cccc(Cl)c1)NCC1(CO)CC1. The van der Waals surface area contributed by atoms with Crippen molar-refractivity contribution in [1.82, 2.24) is 10.6 Å². The average molecular weight is 269 g/mol. The van der Waals surface area contributed by atoms with Gasteiger partial charge in [-0.1, -0.05) is 23.7 Å². The summed E-state index contributed by atoms with van der Waals surface area (Å²) in [5, 5.41) is 15.3. The lowest BCUT2D eigenvalue weighted by Gasteiger charge is -2.13. The molecule has 0 bridgehead atoms. The largest absolute Gasteiger partial charge is 0.396 e. The smallest absolute Gasteiger partial charge is 0.315 e. The Morgan fingerprint density at radius 2 is 2.17 bits per heavy atom. The third-order valence-electron chi connectivity index (χ3n) is 3.26. The molecule has 98 valence electrons. The second kappa shape index (κ2) is 5.59. The van der Waals surface area contributed by atoms with Gasteiger partial charge in [0.2, 0.25) is 0 Å².